The van der Waals surface area contributed by atoms with E-state index >= 15 is 0 Å². The molecular weight excluding hydrogens is 471 g/mol. The molecule has 3 aromatic rings. The highest BCUT2D eigenvalue weighted by atomic mass is 32.2. The first-order chi connectivity index (χ1) is 15.6. The molecule has 176 valence electrons. The van der Waals surface area contributed by atoms with Crippen LogP contribution in [0.5, 0.6) is 11.5 Å². The van der Waals surface area contributed by atoms with Crippen LogP contribution < -0.4 is 14.2 Å². The summed E-state index contributed by atoms with van der Waals surface area (Å²) in [5, 5.41) is -1.32. The number of benzene rings is 2. The van der Waals surface area contributed by atoms with Gasteiger partial charge in [-0.2, -0.15) is 0 Å². The second kappa shape index (κ2) is 9.86. The lowest BCUT2D eigenvalue weighted by atomic mass is 10.2. The van der Waals surface area contributed by atoms with Crippen molar-refractivity contribution in [2.45, 2.75) is 22.0 Å². The fraction of sp³-hybridized carbons (Fsp3) is 0.227. The quantitative estimate of drug-likeness (QED) is 0.455. The smallest absolute Gasteiger partial charge is 0.244 e. The van der Waals surface area contributed by atoms with E-state index in [1.165, 1.54) is 63.9 Å². The third kappa shape index (κ3) is 5.32. The highest BCUT2D eigenvalue weighted by Crippen LogP contribution is 2.31. The molecule has 1 N–H and O–H groups in total. The van der Waals surface area contributed by atoms with Crippen LogP contribution in [0.2, 0.25) is 0 Å². The number of aryl methyl sites for hydroxylation is 1. The Morgan fingerprint density at radius 2 is 1.79 bits per heavy atom. The molecule has 0 aliphatic rings. The van der Waals surface area contributed by atoms with Crippen molar-refractivity contribution in [3.8, 4) is 11.5 Å². The SMILES string of the molecule is COc1ccc(OC)c(S(=O)(=O)NCC(c2cccnc2)S(=O)(=O)c2ccc(F)c(C)c2)c1. The van der Waals surface area contributed by atoms with Gasteiger partial charge in [0.15, 0.2) is 9.84 Å². The molecule has 0 bridgehead atoms. The summed E-state index contributed by atoms with van der Waals surface area (Å²) in [6.45, 7) is 0.957. The van der Waals surface area contributed by atoms with E-state index in [9.17, 15) is 21.2 Å². The van der Waals surface area contributed by atoms with Crippen LogP contribution in [0.1, 0.15) is 16.4 Å². The maximum atomic E-state index is 13.7. The standard InChI is InChI=1S/C22H23FN2O6S2/c1-15-11-18(7-8-19(15)23)32(26,27)22(16-5-4-10-24-13-16)14-25-33(28,29)21-12-17(30-2)6-9-20(21)31-3/h4-13,22,25H,14H2,1-3H3. The lowest BCUT2D eigenvalue weighted by molar-refractivity contribution is 0.392. The van der Waals surface area contributed by atoms with Gasteiger partial charge in [-0.1, -0.05) is 6.07 Å². The Labute approximate surface area is 192 Å². The normalized spacial score (nSPS) is 12.8. The summed E-state index contributed by atoms with van der Waals surface area (Å²) in [4.78, 5) is 3.62. The molecule has 1 atom stereocenters. The predicted octanol–water partition coefficient (Wildman–Crippen LogP) is 3.04. The van der Waals surface area contributed by atoms with E-state index in [1.807, 2.05) is 0 Å². The third-order valence-corrected chi connectivity index (χ3v) is 8.55. The van der Waals surface area contributed by atoms with Gasteiger partial charge in [0, 0.05) is 25.0 Å². The molecule has 0 aliphatic heterocycles. The Kier molecular flexibility index (Phi) is 7.35. The van der Waals surface area contributed by atoms with Gasteiger partial charge in [0.2, 0.25) is 10.0 Å². The number of halogens is 1. The summed E-state index contributed by atoms with van der Waals surface area (Å²) in [5.74, 6) is -0.190. The lowest BCUT2D eigenvalue weighted by Crippen LogP contribution is -2.32. The minimum Gasteiger partial charge on any atom is -0.497 e. The van der Waals surface area contributed by atoms with Gasteiger partial charge in [-0.15, -0.1) is 0 Å². The Bertz CT molecular complexity index is 1350. The third-order valence-electron chi connectivity index (χ3n) is 5.01. The molecule has 0 saturated carbocycles. The number of nitrogens with zero attached hydrogens (tertiary/aromatic N) is 1. The highest BCUT2D eigenvalue weighted by Gasteiger charge is 2.32. The van der Waals surface area contributed by atoms with Crippen molar-refractivity contribution in [2.24, 2.45) is 0 Å². The van der Waals surface area contributed by atoms with E-state index in [0.717, 1.165) is 12.1 Å². The maximum absolute atomic E-state index is 13.7. The van der Waals surface area contributed by atoms with Crippen LogP contribution in [0.4, 0.5) is 4.39 Å². The summed E-state index contributed by atoms with van der Waals surface area (Å²) >= 11 is 0. The number of rotatable bonds is 9. The molecule has 33 heavy (non-hydrogen) atoms. The molecular formula is C22H23FN2O6S2. The van der Waals surface area contributed by atoms with Crippen LogP contribution in [0.15, 0.2) is 70.7 Å². The number of ether oxygens (including phenoxy) is 2. The number of nitrogens with one attached hydrogen (secondary N) is 1. The van der Waals surface area contributed by atoms with Gasteiger partial charge in [-0.3, -0.25) is 4.98 Å². The fourth-order valence-corrected chi connectivity index (χ4v) is 6.25. The van der Waals surface area contributed by atoms with Gasteiger partial charge < -0.3 is 9.47 Å². The van der Waals surface area contributed by atoms with Crippen LogP contribution in [0.3, 0.4) is 0 Å². The number of methoxy groups -OCH3 is 2. The zero-order valence-electron chi connectivity index (χ0n) is 18.1. The Balaban J connectivity index is 2.01. The molecule has 1 heterocycles. The lowest BCUT2D eigenvalue weighted by Gasteiger charge is -2.20. The topological polar surface area (TPSA) is 112 Å². The average molecular weight is 495 g/mol. The van der Waals surface area contributed by atoms with Crippen molar-refractivity contribution in [2.75, 3.05) is 20.8 Å². The van der Waals surface area contributed by atoms with Crippen molar-refractivity contribution >= 4 is 19.9 Å². The molecule has 8 nitrogen and oxygen atoms in total. The van der Waals surface area contributed by atoms with Crippen molar-refractivity contribution in [1.29, 1.82) is 0 Å². The minimum atomic E-state index is -4.20. The van der Waals surface area contributed by atoms with Crippen LogP contribution >= 0.6 is 0 Å². The zero-order chi connectivity index (χ0) is 24.2. The van der Waals surface area contributed by atoms with E-state index in [1.54, 1.807) is 6.07 Å². The number of sulfone groups is 1. The van der Waals surface area contributed by atoms with Gasteiger partial charge in [0.1, 0.15) is 27.5 Å². The number of aromatic nitrogens is 1. The number of hydrogen-bond acceptors (Lipinski definition) is 7. The van der Waals surface area contributed by atoms with Crippen molar-refractivity contribution in [3.63, 3.8) is 0 Å². The zero-order valence-corrected chi connectivity index (χ0v) is 19.8. The van der Waals surface area contributed by atoms with Crippen LogP contribution in [-0.4, -0.2) is 42.6 Å². The van der Waals surface area contributed by atoms with Gasteiger partial charge in [0.05, 0.1) is 19.1 Å². The van der Waals surface area contributed by atoms with Gasteiger partial charge in [0.25, 0.3) is 0 Å². The second-order valence-electron chi connectivity index (χ2n) is 7.10. The Morgan fingerprint density at radius 1 is 1.03 bits per heavy atom. The first-order valence-electron chi connectivity index (χ1n) is 9.72. The molecule has 2 aromatic carbocycles. The van der Waals surface area contributed by atoms with Gasteiger partial charge in [-0.25, -0.2) is 25.9 Å². The summed E-state index contributed by atoms with van der Waals surface area (Å²) in [6.07, 6.45) is 2.82. The molecule has 0 fully saturated rings. The Morgan fingerprint density at radius 3 is 2.39 bits per heavy atom. The van der Waals surface area contributed by atoms with Crippen molar-refractivity contribution in [1.82, 2.24) is 9.71 Å². The number of sulfonamides is 1. The van der Waals surface area contributed by atoms with Crippen molar-refractivity contribution < 1.29 is 30.7 Å². The second-order valence-corrected chi connectivity index (χ2v) is 11.0. The average Bonchev–Trinajstić information content (AvgIpc) is 2.80. The Hall–Kier alpha value is -3.02. The van der Waals surface area contributed by atoms with Gasteiger partial charge in [-0.05, 0) is 54.4 Å². The molecule has 0 spiro atoms. The van der Waals surface area contributed by atoms with E-state index < -0.39 is 37.5 Å². The van der Waals surface area contributed by atoms with Crippen LogP contribution in [0.25, 0.3) is 0 Å². The van der Waals surface area contributed by atoms with Crippen LogP contribution in [0, 0.1) is 12.7 Å². The molecule has 3 rings (SSSR count). The van der Waals surface area contributed by atoms with Crippen molar-refractivity contribution in [3.05, 3.63) is 77.9 Å². The minimum absolute atomic E-state index is 0.0678. The molecule has 0 amide bonds. The molecule has 0 aliphatic carbocycles. The van der Waals surface area contributed by atoms with E-state index in [0.29, 0.717) is 0 Å². The first kappa shape index (κ1) is 24.6. The summed E-state index contributed by atoms with van der Waals surface area (Å²) in [6, 6.07) is 10.8. The summed E-state index contributed by atoms with van der Waals surface area (Å²) in [5.41, 5.74) is 0.433. The van der Waals surface area contributed by atoms with Crippen LogP contribution in [-0.2, 0) is 19.9 Å². The molecule has 1 unspecified atom stereocenters. The molecule has 0 saturated heterocycles. The maximum Gasteiger partial charge on any atom is 0.244 e. The fourth-order valence-electron chi connectivity index (χ4n) is 3.19. The van der Waals surface area contributed by atoms with E-state index in [2.05, 4.69) is 9.71 Å². The number of pyridine rings is 1. The molecule has 1 aromatic heterocycles. The molecule has 11 heteroatoms. The predicted molar refractivity (Wildman–Crippen MR) is 120 cm³/mol. The first-order valence-corrected chi connectivity index (χ1v) is 12.7. The largest absolute Gasteiger partial charge is 0.497 e. The summed E-state index contributed by atoms with van der Waals surface area (Å²) < 4.78 is 79.3. The van der Waals surface area contributed by atoms with E-state index in [-0.39, 0.29) is 32.4 Å². The van der Waals surface area contributed by atoms with Gasteiger partial charge >= 0.3 is 0 Å². The highest BCUT2D eigenvalue weighted by molar-refractivity contribution is 7.92. The summed E-state index contributed by atoms with van der Waals surface area (Å²) in [7, 11) is -5.60. The number of hydrogen-bond donors (Lipinski definition) is 1. The molecule has 0 radical (unpaired) electrons. The monoisotopic (exact) mass is 494 g/mol. The van der Waals surface area contributed by atoms with E-state index in [4.69, 9.17) is 9.47 Å².